The molecule has 1 saturated heterocycles. The van der Waals surface area contributed by atoms with E-state index in [0.29, 0.717) is 5.57 Å². The highest BCUT2D eigenvalue weighted by Gasteiger charge is 2.39. The average molecular weight is 377 g/mol. The summed E-state index contributed by atoms with van der Waals surface area (Å²) in [4.78, 5) is 24.9. The van der Waals surface area contributed by atoms with Gasteiger partial charge in [0.25, 0.3) is 0 Å². The number of carbonyl (C=O) groups is 2. The highest BCUT2D eigenvalue weighted by Crippen LogP contribution is 2.32. The molecule has 0 bridgehead atoms. The van der Waals surface area contributed by atoms with Gasteiger partial charge >= 0.3 is 0 Å². The van der Waals surface area contributed by atoms with Crippen molar-refractivity contribution in [2.45, 2.75) is 51.7 Å². The minimum absolute atomic E-state index is 0.0687. The molecule has 27 heavy (non-hydrogen) atoms. The fourth-order valence-corrected chi connectivity index (χ4v) is 4.20. The number of benzene rings is 1. The highest BCUT2D eigenvalue weighted by atomic mass is 19.1. The molecule has 0 saturated carbocycles. The van der Waals surface area contributed by atoms with Gasteiger partial charge in [-0.2, -0.15) is 0 Å². The van der Waals surface area contributed by atoms with Crippen molar-refractivity contribution in [3.05, 3.63) is 46.5 Å². The van der Waals surface area contributed by atoms with E-state index < -0.39 is 17.7 Å². The second-order valence-corrected chi connectivity index (χ2v) is 7.43. The van der Waals surface area contributed by atoms with E-state index in [4.69, 9.17) is 0 Å². The molecular formula is C20H25F2N3O2. The van der Waals surface area contributed by atoms with E-state index in [9.17, 15) is 18.4 Å². The maximum atomic E-state index is 13.9. The molecule has 5 nitrogen and oxygen atoms in total. The highest BCUT2D eigenvalue weighted by molar-refractivity contribution is 6.00. The van der Waals surface area contributed by atoms with Crippen LogP contribution in [-0.4, -0.2) is 30.4 Å². The molecule has 2 amide bonds. The zero-order valence-electron chi connectivity index (χ0n) is 15.7. The van der Waals surface area contributed by atoms with Crippen LogP contribution in [0, 0.1) is 17.6 Å². The summed E-state index contributed by atoms with van der Waals surface area (Å²) < 4.78 is 26.9. The van der Waals surface area contributed by atoms with Crippen molar-refractivity contribution in [1.29, 1.82) is 0 Å². The monoisotopic (exact) mass is 377 g/mol. The van der Waals surface area contributed by atoms with Crippen LogP contribution in [0.2, 0.25) is 0 Å². The first kappa shape index (κ1) is 19.5. The first-order valence-corrected chi connectivity index (χ1v) is 9.26. The summed E-state index contributed by atoms with van der Waals surface area (Å²) in [7, 11) is 0. The van der Waals surface area contributed by atoms with Crippen LogP contribution in [0.25, 0.3) is 0 Å². The average Bonchev–Trinajstić information content (AvgIpc) is 2.58. The van der Waals surface area contributed by atoms with Crippen LogP contribution in [0.4, 0.5) is 8.78 Å². The molecule has 3 rings (SSSR count). The zero-order chi connectivity index (χ0) is 19.7. The molecule has 7 heteroatoms. The summed E-state index contributed by atoms with van der Waals surface area (Å²) in [5, 5.41) is 9.12. The maximum Gasteiger partial charge on any atom is 0.247 e. The number of hydrogen-bond acceptors (Lipinski definition) is 3. The van der Waals surface area contributed by atoms with Crippen molar-refractivity contribution in [1.82, 2.24) is 16.0 Å². The summed E-state index contributed by atoms with van der Waals surface area (Å²) in [5.74, 6) is -1.80. The summed E-state index contributed by atoms with van der Waals surface area (Å²) in [5.41, 5.74) is 1.60. The molecule has 2 heterocycles. The quantitative estimate of drug-likeness (QED) is 0.754. The minimum Gasteiger partial charge on any atom is -0.349 e. The number of halogens is 2. The molecule has 0 aromatic heterocycles. The standard InChI is InChI=1S/C20H25F2N3O2/c1-10-15(20(27)25-17-6-7-23-12(3)19(10)17)9-18(26)24-11(2)14-5-4-13(21)8-16(14)22/h4-5,8,11-12,17,19,23H,6-7,9H2,1-3H3,(H,24,26)(H,25,27)/t11-,12?,17?,19?/m0/s1. The third-order valence-corrected chi connectivity index (χ3v) is 5.60. The Morgan fingerprint density at radius 1 is 1.37 bits per heavy atom. The van der Waals surface area contributed by atoms with Gasteiger partial charge in [-0.15, -0.1) is 0 Å². The van der Waals surface area contributed by atoms with Crippen LogP contribution >= 0.6 is 0 Å². The smallest absolute Gasteiger partial charge is 0.247 e. The SMILES string of the molecule is CC1=C(CC(=O)N[C@@H](C)c2ccc(F)cc2F)C(=O)NC2CCNC(C)C12. The molecule has 0 aliphatic carbocycles. The van der Waals surface area contributed by atoms with Crippen molar-refractivity contribution in [2.24, 2.45) is 5.92 Å². The van der Waals surface area contributed by atoms with Crippen molar-refractivity contribution in [3.63, 3.8) is 0 Å². The summed E-state index contributed by atoms with van der Waals surface area (Å²) >= 11 is 0. The summed E-state index contributed by atoms with van der Waals surface area (Å²) in [6.07, 6.45) is 0.791. The molecule has 146 valence electrons. The zero-order valence-corrected chi connectivity index (χ0v) is 15.7. The summed E-state index contributed by atoms with van der Waals surface area (Å²) in [6.45, 7) is 6.46. The van der Waals surface area contributed by atoms with E-state index >= 15 is 0 Å². The van der Waals surface area contributed by atoms with Gasteiger partial charge in [-0.1, -0.05) is 11.6 Å². The number of rotatable bonds is 4. The van der Waals surface area contributed by atoms with Crippen molar-refractivity contribution in [3.8, 4) is 0 Å². The first-order valence-electron chi connectivity index (χ1n) is 9.26. The predicted octanol–water partition coefficient (Wildman–Crippen LogP) is 2.34. The Morgan fingerprint density at radius 2 is 2.11 bits per heavy atom. The molecule has 3 N–H and O–H groups in total. The normalized spacial score (nSPS) is 26.3. The van der Waals surface area contributed by atoms with E-state index in [-0.39, 0.29) is 41.8 Å². The fraction of sp³-hybridized carbons (Fsp3) is 0.500. The second kappa shape index (κ2) is 7.76. The number of hydrogen-bond donors (Lipinski definition) is 3. The number of piperidine rings is 1. The number of fused-ring (bicyclic) bond motifs is 1. The van der Waals surface area contributed by atoms with E-state index in [1.165, 1.54) is 6.07 Å². The molecule has 1 fully saturated rings. The fourth-order valence-electron chi connectivity index (χ4n) is 4.20. The Morgan fingerprint density at radius 3 is 2.81 bits per heavy atom. The molecule has 2 aliphatic heterocycles. The van der Waals surface area contributed by atoms with Gasteiger partial charge in [0, 0.05) is 35.2 Å². The third-order valence-electron chi connectivity index (χ3n) is 5.60. The molecule has 3 unspecified atom stereocenters. The van der Waals surface area contributed by atoms with Gasteiger partial charge in [0.1, 0.15) is 11.6 Å². The largest absolute Gasteiger partial charge is 0.349 e. The van der Waals surface area contributed by atoms with Crippen molar-refractivity contribution >= 4 is 11.8 Å². The minimum atomic E-state index is -0.710. The van der Waals surface area contributed by atoms with Crippen LogP contribution in [0.3, 0.4) is 0 Å². The topological polar surface area (TPSA) is 70.2 Å². The predicted molar refractivity (Wildman–Crippen MR) is 97.7 cm³/mol. The second-order valence-electron chi connectivity index (χ2n) is 7.43. The van der Waals surface area contributed by atoms with Gasteiger partial charge in [-0.25, -0.2) is 8.78 Å². The van der Waals surface area contributed by atoms with Gasteiger partial charge < -0.3 is 16.0 Å². The van der Waals surface area contributed by atoms with Gasteiger partial charge in [0.05, 0.1) is 12.5 Å². The lowest BCUT2D eigenvalue weighted by atomic mass is 9.76. The van der Waals surface area contributed by atoms with Crippen LogP contribution in [0.1, 0.15) is 45.2 Å². The Labute approximate surface area is 157 Å². The van der Waals surface area contributed by atoms with Crippen molar-refractivity contribution < 1.29 is 18.4 Å². The van der Waals surface area contributed by atoms with Gasteiger partial charge in [0.2, 0.25) is 11.8 Å². The van der Waals surface area contributed by atoms with Gasteiger partial charge in [0.15, 0.2) is 0 Å². The van der Waals surface area contributed by atoms with Gasteiger partial charge in [-0.3, -0.25) is 9.59 Å². The molecule has 1 aromatic carbocycles. The van der Waals surface area contributed by atoms with E-state index in [1.807, 2.05) is 6.92 Å². The first-order chi connectivity index (χ1) is 12.8. The van der Waals surface area contributed by atoms with E-state index in [0.717, 1.165) is 30.7 Å². The van der Waals surface area contributed by atoms with E-state index in [1.54, 1.807) is 6.92 Å². The molecule has 2 aliphatic rings. The lowest BCUT2D eigenvalue weighted by Gasteiger charge is -2.42. The summed E-state index contributed by atoms with van der Waals surface area (Å²) in [6, 6.07) is 2.93. The Kier molecular flexibility index (Phi) is 5.60. The molecule has 0 spiro atoms. The molecule has 4 atom stereocenters. The van der Waals surface area contributed by atoms with Crippen LogP contribution in [0.5, 0.6) is 0 Å². The molecule has 1 aromatic rings. The molecule has 0 radical (unpaired) electrons. The third kappa shape index (κ3) is 4.03. The Balaban J connectivity index is 1.72. The molecular weight excluding hydrogens is 352 g/mol. The van der Waals surface area contributed by atoms with E-state index in [2.05, 4.69) is 22.9 Å². The van der Waals surface area contributed by atoms with Crippen LogP contribution in [0.15, 0.2) is 29.3 Å². The van der Waals surface area contributed by atoms with Crippen molar-refractivity contribution in [2.75, 3.05) is 6.54 Å². The number of nitrogens with one attached hydrogen (secondary N) is 3. The number of carbonyl (C=O) groups excluding carboxylic acids is 2. The lowest BCUT2D eigenvalue weighted by molar-refractivity contribution is -0.124. The lowest BCUT2D eigenvalue weighted by Crippen LogP contribution is -2.57. The number of amides is 2. The Bertz CT molecular complexity index is 793. The maximum absolute atomic E-state index is 13.9. The van der Waals surface area contributed by atoms with Crippen LogP contribution in [-0.2, 0) is 9.59 Å². The van der Waals surface area contributed by atoms with Crippen LogP contribution < -0.4 is 16.0 Å². The van der Waals surface area contributed by atoms with Gasteiger partial charge in [-0.05, 0) is 39.8 Å². The Hall–Kier alpha value is -2.28.